The SMILES string of the molecule is CC(C)[C@@H]1CC[C@]2(C)[C@H](CC=C3[C@@H]4[C@@H](C)[C@H](C)CC[C@]4(C)CC[C@]32C)[C@@]1(C)CC=O. The second-order valence-corrected chi connectivity index (χ2v) is 13.5. The first-order chi connectivity index (χ1) is 13.9. The summed E-state index contributed by atoms with van der Waals surface area (Å²) in [6.07, 6.45) is 14.1. The molecule has 3 fully saturated rings. The fourth-order valence-corrected chi connectivity index (χ4v) is 9.82. The van der Waals surface area contributed by atoms with E-state index in [1.165, 1.54) is 51.2 Å². The van der Waals surface area contributed by atoms with E-state index in [0.29, 0.717) is 34.0 Å². The Kier molecular flexibility index (Phi) is 5.43. The normalized spacial score (nSPS) is 53.4. The topological polar surface area (TPSA) is 17.1 Å². The van der Waals surface area contributed by atoms with E-state index in [4.69, 9.17) is 0 Å². The van der Waals surface area contributed by atoms with Crippen LogP contribution >= 0.6 is 0 Å². The van der Waals surface area contributed by atoms with Crippen molar-refractivity contribution in [1.29, 1.82) is 0 Å². The molecule has 0 aromatic rings. The molecule has 0 heterocycles. The molecule has 4 aliphatic carbocycles. The Bertz CT molecular complexity index is 720. The third kappa shape index (κ3) is 2.82. The Morgan fingerprint density at radius 1 is 1.03 bits per heavy atom. The van der Waals surface area contributed by atoms with Crippen molar-refractivity contribution in [3.05, 3.63) is 11.6 Å². The Morgan fingerprint density at radius 3 is 2.37 bits per heavy atom. The van der Waals surface area contributed by atoms with Crippen LogP contribution in [-0.4, -0.2) is 6.29 Å². The predicted molar refractivity (Wildman–Crippen MR) is 127 cm³/mol. The van der Waals surface area contributed by atoms with Crippen LogP contribution in [0.2, 0.25) is 0 Å². The molecular weight excluding hydrogens is 364 g/mol. The van der Waals surface area contributed by atoms with Crippen molar-refractivity contribution in [2.75, 3.05) is 0 Å². The van der Waals surface area contributed by atoms with E-state index in [9.17, 15) is 4.79 Å². The summed E-state index contributed by atoms with van der Waals surface area (Å²) in [7, 11) is 0. The highest BCUT2D eigenvalue weighted by Gasteiger charge is 2.65. The molecule has 0 aliphatic heterocycles. The summed E-state index contributed by atoms with van der Waals surface area (Å²) >= 11 is 0. The lowest BCUT2D eigenvalue weighted by Gasteiger charge is -2.69. The second kappa shape index (κ2) is 7.21. The van der Waals surface area contributed by atoms with Crippen LogP contribution < -0.4 is 0 Å². The van der Waals surface area contributed by atoms with Crippen LogP contribution in [-0.2, 0) is 4.79 Å². The summed E-state index contributed by atoms with van der Waals surface area (Å²) < 4.78 is 0. The molecule has 0 bridgehead atoms. The second-order valence-electron chi connectivity index (χ2n) is 13.5. The molecule has 3 saturated carbocycles. The Labute approximate surface area is 186 Å². The molecule has 30 heavy (non-hydrogen) atoms. The molecule has 0 N–H and O–H groups in total. The first kappa shape index (κ1) is 22.6. The Balaban J connectivity index is 1.81. The Morgan fingerprint density at radius 2 is 1.73 bits per heavy atom. The van der Waals surface area contributed by atoms with Crippen molar-refractivity contribution in [2.45, 2.75) is 107 Å². The highest BCUT2D eigenvalue weighted by atomic mass is 16.1. The lowest BCUT2D eigenvalue weighted by Crippen LogP contribution is -2.61. The summed E-state index contributed by atoms with van der Waals surface area (Å²) in [4.78, 5) is 11.9. The van der Waals surface area contributed by atoms with Crippen molar-refractivity contribution < 1.29 is 4.79 Å². The first-order valence-electron chi connectivity index (χ1n) is 13.1. The monoisotopic (exact) mass is 412 g/mol. The smallest absolute Gasteiger partial charge is 0.120 e. The average Bonchev–Trinajstić information content (AvgIpc) is 2.66. The van der Waals surface area contributed by atoms with E-state index in [0.717, 1.165) is 24.2 Å². The van der Waals surface area contributed by atoms with Crippen LogP contribution in [0, 0.1) is 57.2 Å². The van der Waals surface area contributed by atoms with Crippen molar-refractivity contribution in [3.63, 3.8) is 0 Å². The van der Waals surface area contributed by atoms with Gasteiger partial charge in [-0.1, -0.05) is 67.0 Å². The number of hydrogen-bond donors (Lipinski definition) is 0. The van der Waals surface area contributed by atoms with Crippen LogP contribution in [0.5, 0.6) is 0 Å². The molecule has 0 radical (unpaired) electrons. The molecule has 9 atom stereocenters. The van der Waals surface area contributed by atoms with Gasteiger partial charge < -0.3 is 4.79 Å². The average molecular weight is 413 g/mol. The van der Waals surface area contributed by atoms with E-state index in [2.05, 4.69) is 61.5 Å². The molecule has 0 saturated heterocycles. The molecule has 0 aromatic heterocycles. The van der Waals surface area contributed by atoms with Gasteiger partial charge in [0.1, 0.15) is 6.29 Å². The van der Waals surface area contributed by atoms with Gasteiger partial charge in [0.25, 0.3) is 0 Å². The summed E-state index contributed by atoms with van der Waals surface area (Å²) in [5.41, 5.74) is 3.10. The maximum atomic E-state index is 11.9. The number of hydrogen-bond acceptors (Lipinski definition) is 1. The van der Waals surface area contributed by atoms with Crippen molar-refractivity contribution in [3.8, 4) is 0 Å². The third-order valence-electron chi connectivity index (χ3n) is 12.1. The maximum absolute atomic E-state index is 11.9. The number of carbonyl (C=O) groups excluding carboxylic acids is 1. The van der Waals surface area contributed by atoms with Gasteiger partial charge in [-0.3, -0.25) is 0 Å². The van der Waals surface area contributed by atoms with Crippen LogP contribution in [0.15, 0.2) is 11.6 Å². The molecule has 1 heteroatoms. The van der Waals surface area contributed by atoms with Crippen LogP contribution in [0.4, 0.5) is 0 Å². The van der Waals surface area contributed by atoms with E-state index in [1.807, 2.05) is 5.57 Å². The van der Waals surface area contributed by atoms with Gasteiger partial charge in [-0.15, -0.1) is 0 Å². The van der Waals surface area contributed by atoms with Gasteiger partial charge in [0.05, 0.1) is 0 Å². The highest BCUT2D eigenvalue weighted by Crippen LogP contribution is 2.73. The van der Waals surface area contributed by atoms with E-state index >= 15 is 0 Å². The minimum absolute atomic E-state index is 0.139. The number of rotatable bonds is 3. The van der Waals surface area contributed by atoms with Crippen LogP contribution in [0.3, 0.4) is 0 Å². The lowest BCUT2D eigenvalue weighted by molar-refractivity contribution is -0.157. The van der Waals surface area contributed by atoms with Crippen LogP contribution in [0.1, 0.15) is 107 Å². The summed E-state index contributed by atoms with van der Waals surface area (Å²) in [5, 5.41) is 0. The van der Waals surface area contributed by atoms with Crippen molar-refractivity contribution in [2.24, 2.45) is 57.2 Å². The van der Waals surface area contributed by atoms with Gasteiger partial charge in [0.15, 0.2) is 0 Å². The maximum Gasteiger partial charge on any atom is 0.120 e. The molecule has 1 nitrogen and oxygen atoms in total. The van der Waals surface area contributed by atoms with Gasteiger partial charge in [-0.25, -0.2) is 0 Å². The zero-order chi connectivity index (χ0) is 22.1. The first-order valence-corrected chi connectivity index (χ1v) is 13.1. The van der Waals surface area contributed by atoms with E-state index in [-0.39, 0.29) is 5.41 Å². The summed E-state index contributed by atoms with van der Waals surface area (Å²) in [6, 6.07) is 0. The summed E-state index contributed by atoms with van der Waals surface area (Å²) in [6.45, 7) is 20.2. The summed E-state index contributed by atoms with van der Waals surface area (Å²) in [5.74, 6) is 4.36. The zero-order valence-corrected chi connectivity index (χ0v) is 21.2. The molecule has 0 unspecified atom stereocenters. The van der Waals surface area contributed by atoms with E-state index in [1.54, 1.807) is 0 Å². The number of carbonyl (C=O) groups is 1. The van der Waals surface area contributed by atoms with E-state index < -0.39 is 0 Å². The molecule has 0 amide bonds. The minimum atomic E-state index is 0.139. The molecule has 4 rings (SSSR count). The van der Waals surface area contributed by atoms with Gasteiger partial charge in [0, 0.05) is 6.42 Å². The number of aldehydes is 1. The fraction of sp³-hybridized carbons (Fsp3) is 0.897. The minimum Gasteiger partial charge on any atom is -0.303 e. The quantitative estimate of drug-likeness (QED) is 0.338. The van der Waals surface area contributed by atoms with Crippen molar-refractivity contribution in [1.82, 2.24) is 0 Å². The highest BCUT2D eigenvalue weighted by molar-refractivity contribution is 5.51. The predicted octanol–water partition coefficient (Wildman–Crippen LogP) is 8.09. The largest absolute Gasteiger partial charge is 0.303 e. The zero-order valence-electron chi connectivity index (χ0n) is 21.2. The fourth-order valence-electron chi connectivity index (χ4n) is 9.82. The molecule has 0 aromatic carbocycles. The number of fused-ring (bicyclic) bond motifs is 5. The lowest BCUT2D eigenvalue weighted by atomic mass is 9.35. The van der Waals surface area contributed by atoms with Crippen molar-refractivity contribution >= 4 is 6.29 Å². The van der Waals surface area contributed by atoms with Gasteiger partial charge in [-0.05, 0) is 102 Å². The van der Waals surface area contributed by atoms with Gasteiger partial charge in [-0.2, -0.15) is 0 Å². The Hall–Kier alpha value is -0.590. The van der Waals surface area contributed by atoms with Gasteiger partial charge >= 0.3 is 0 Å². The third-order valence-corrected chi connectivity index (χ3v) is 12.1. The molecular formula is C29H48O. The molecule has 0 spiro atoms. The molecule has 4 aliphatic rings. The molecule has 170 valence electrons. The number of allylic oxidation sites excluding steroid dienone is 2. The standard InChI is InChI=1S/C29H48O/c1-19(2)22-12-14-29(8)24(27(22,6)17-18-30)10-9-23-25-21(4)20(3)11-13-26(25,5)15-16-28(23,29)7/h9,18-22,24-25H,10-17H2,1-8H3/t20-,21+,22+,24-,25+,26-,27+,28-,29-/m1/s1. The van der Waals surface area contributed by atoms with Gasteiger partial charge in [0.2, 0.25) is 0 Å². The van der Waals surface area contributed by atoms with Crippen LogP contribution in [0.25, 0.3) is 0 Å².